The summed E-state index contributed by atoms with van der Waals surface area (Å²) in [5, 5.41) is 6.46. The van der Waals surface area contributed by atoms with Crippen LogP contribution in [0.15, 0.2) is 11.0 Å². The van der Waals surface area contributed by atoms with Gasteiger partial charge in [-0.15, -0.1) is 11.3 Å². The van der Waals surface area contributed by atoms with Crippen LogP contribution in [0.3, 0.4) is 0 Å². The fourth-order valence-corrected chi connectivity index (χ4v) is 1.83. The van der Waals surface area contributed by atoms with E-state index in [-0.39, 0.29) is 0 Å². The maximum Gasteiger partial charge on any atom is 0.116 e. The molecule has 72 valence electrons. The van der Waals surface area contributed by atoms with Gasteiger partial charge in [-0.1, -0.05) is 12.5 Å². The lowest BCUT2D eigenvalue weighted by Crippen LogP contribution is -2.14. The van der Waals surface area contributed by atoms with Crippen LogP contribution in [-0.4, -0.2) is 18.1 Å². The van der Waals surface area contributed by atoms with Crippen molar-refractivity contribution in [3.8, 4) is 0 Å². The summed E-state index contributed by atoms with van der Waals surface area (Å²) in [7, 11) is 0. The van der Waals surface area contributed by atoms with E-state index in [0.29, 0.717) is 0 Å². The summed E-state index contributed by atoms with van der Waals surface area (Å²) in [6.45, 7) is 8.23. The fraction of sp³-hybridized carbons (Fsp3) is 0.500. The van der Waals surface area contributed by atoms with Crippen LogP contribution >= 0.6 is 11.3 Å². The van der Waals surface area contributed by atoms with Crippen LogP contribution in [0.2, 0.25) is 0 Å². The highest BCUT2D eigenvalue weighted by Crippen LogP contribution is 2.12. The summed E-state index contributed by atoms with van der Waals surface area (Å²) >= 11 is 1.70. The molecule has 0 saturated heterocycles. The number of hydrogen-bond acceptors (Lipinski definition) is 3. The van der Waals surface area contributed by atoms with Crippen molar-refractivity contribution < 1.29 is 0 Å². The molecule has 0 saturated carbocycles. The molecule has 0 spiro atoms. The number of aryl methyl sites for hydroxylation is 1. The van der Waals surface area contributed by atoms with E-state index >= 15 is 0 Å². The Bertz CT molecular complexity index is 289. The Balaban J connectivity index is 2.54. The van der Waals surface area contributed by atoms with Crippen LogP contribution in [0.25, 0.3) is 6.08 Å². The second kappa shape index (κ2) is 5.14. The lowest BCUT2D eigenvalue weighted by atomic mass is 10.3. The zero-order valence-electron chi connectivity index (χ0n) is 8.42. The van der Waals surface area contributed by atoms with Gasteiger partial charge in [0.05, 0.1) is 0 Å². The molecule has 0 aliphatic rings. The summed E-state index contributed by atoms with van der Waals surface area (Å²) in [6.07, 6.45) is 2.14. The van der Waals surface area contributed by atoms with E-state index in [0.717, 1.165) is 23.8 Å². The van der Waals surface area contributed by atoms with Gasteiger partial charge in [-0.05, 0) is 26.5 Å². The Morgan fingerprint density at radius 3 is 3.00 bits per heavy atom. The number of thiazole rings is 1. The maximum absolute atomic E-state index is 4.37. The minimum absolute atomic E-state index is 0.953. The number of likely N-dealkylation sites (N-methyl/N-ethyl adjacent to an activating group) is 1. The minimum Gasteiger partial charge on any atom is -0.313 e. The molecule has 0 amide bonds. The van der Waals surface area contributed by atoms with Gasteiger partial charge in [-0.25, -0.2) is 4.98 Å². The lowest BCUT2D eigenvalue weighted by molar-refractivity contribution is 0.778. The van der Waals surface area contributed by atoms with Crippen molar-refractivity contribution in [2.24, 2.45) is 0 Å². The Kier molecular flexibility index (Phi) is 4.12. The molecule has 0 aliphatic carbocycles. The van der Waals surface area contributed by atoms with E-state index in [2.05, 4.69) is 35.6 Å². The van der Waals surface area contributed by atoms with Crippen LogP contribution in [0.1, 0.15) is 24.5 Å². The van der Waals surface area contributed by atoms with Crippen molar-refractivity contribution in [1.82, 2.24) is 10.3 Å². The van der Waals surface area contributed by atoms with Crippen LogP contribution in [0.4, 0.5) is 0 Å². The van der Waals surface area contributed by atoms with Crippen LogP contribution < -0.4 is 5.32 Å². The lowest BCUT2D eigenvalue weighted by Gasteiger charge is -1.99. The van der Waals surface area contributed by atoms with Crippen molar-refractivity contribution >= 4 is 17.4 Å². The second-order valence-corrected chi connectivity index (χ2v) is 3.99. The molecule has 0 atom stereocenters. The van der Waals surface area contributed by atoms with Crippen molar-refractivity contribution in [2.75, 3.05) is 13.1 Å². The molecule has 1 N–H and O–H groups in total. The van der Waals surface area contributed by atoms with Gasteiger partial charge < -0.3 is 5.32 Å². The molecule has 0 fully saturated rings. The summed E-state index contributed by atoms with van der Waals surface area (Å²) < 4.78 is 0. The van der Waals surface area contributed by atoms with E-state index in [1.54, 1.807) is 11.3 Å². The van der Waals surface area contributed by atoms with Crippen LogP contribution in [0.5, 0.6) is 0 Å². The van der Waals surface area contributed by atoms with Gasteiger partial charge in [0.25, 0.3) is 0 Å². The van der Waals surface area contributed by atoms with Crippen LogP contribution in [-0.2, 0) is 0 Å². The third-order valence-electron chi connectivity index (χ3n) is 1.66. The van der Waals surface area contributed by atoms with E-state index in [4.69, 9.17) is 0 Å². The molecule has 0 radical (unpaired) electrons. The molecule has 0 bridgehead atoms. The Morgan fingerprint density at radius 2 is 2.46 bits per heavy atom. The highest BCUT2D eigenvalue weighted by atomic mass is 32.1. The first-order valence-electron chi connectivity index (χ1n) is 4.52. The summed E-state index contributed by atoms with van der Waals surface area (Å²) in [5.74, 6) is 0. The molecule has 3 heteroatoms. The van der Waals surface area contributed by atoms with Crippen LogP contribution in [0, 0.1) is 6.92 Å². The molecule has 1 aromatic rings. The largest absolute Gasteiger partial charge is 0.313 e. The molecule has 13 heavy (non-hydrogen) atoms. The maximum atomic E-state index is 4.37. The van der Waals surface area contributed by atoms with E-state index in [1.807, 2.05) is 6.92 Å². The Labute approximate surface area is 83.7 Å². The summed E-state index contributed by atoms with van der Waals surface area (Å²) in [6, 6.07) is 0. The monoisotopic (exact) mass is 196 g/mol. The number of aromatic nitrogens is 1. The minimum atomic E-state index is 0.953. The summed E-state index contributed by atoms with van der Waals surface area (Å²) in [5.41, 5.74) is 2.43. The average Bonchev–Trinajstić information content (AvgIpc) is 2.48. The van der Waals surface area contributed by atoms with Crippen molar-refractivity contribution in [2.45, 2.75) is 20.8 Å². The molecular formula is C10H16N2S. The Morgan fingerprint density at radius 1 is 1.69 bits per heavy atom. The third kappa shape index (κ3) is 3.70. The SMILES string of the molecule is CCNCC(C)=Cc1nc(C)cs1. The van der Waals surface area contributed by atoms with Crippen molar-refractivity contribution in [3.63, 3.8) is 0 Å². The predicted molar refractivity (Wildman–Crippen MR) is 59.0 cm³/mol. The normalized spacial score (nSPS) is 12.1. The van der Waals surface area contributed by atoms with E-state index in [1.165, 1.54) is 5.57 Å². The standard InChI is InChI=1S/C10H16N2S/c1-4-11-6-8(2)5-10-12-9(3)7-13-10/h5,7,11H,4,6H2,1-3H3. The number of hydrogen-bond donors (Lipinski definition) is 1. The fourth-order valence-electron chi connectivity index (χ4n) is 1.02. The third-order valence-corrected chi connectivity index (χ3v) is 2.57. The van der Waals surface area contributed by atoms with Gasteiger partial charge in [-0.3, -0.25) is 0 Å². The van der Waals surface area contributed by atoms with Gasteiger partial charge in [0.2, 0.25) is 0 Å². The van der Waals surface area contributed by atoms with Gasteiger partial charge in [0.15, 0.2) is 0 Å². The molecule has 0 aromatic carbocycles. The Hall–Kier alpha value is -0.670. The first kappa shape index (κ1) is 10.4. The molecule has 1 heterocycles. The van der Waals surface area contributed by atoms with Gasteiger partial charge >= 0.3 is 0 Å². The topological polar surface area (TPSA) is 24.9 Å². The number of nitrogens with zero attached hydrogens (tertiary/aromatic N) is 1. The molecule has 0 aliphatic heterocycles. The molecule has 1 rings (SSSR count). The van der Waals surface area contributed by atoms with E-state index < -0.39 is 0 Å². The highest BCUT2D eigenvalue weighted by molar-refractivity contribution is 7.10. The second-order valence-electron chi connectivity index (χ2n) is 3.10. The van der Waals surface area contributed by atoms with Crippen molar-refractivity contribution in [1.29, 1.82) is 0 Å². The predicted octanol–water partition coefficient (Wildman–Crippen LogP) is 2.46. The quantitative estimate of drug-likeness (QED) is 0.800. The smallest absolute Gasteiger partial charge is 0.116 e. The van der Waals surface area contributed by atoms with Gasteiger partial charge in [0.1, 0.15) is 5.01 Å². The number of rotatable bonds is 4. The first-order valence-corrected chi connectivity index (χ1v) is 5.40. The average molecular weight is 196 g/mol. The zero-order chi connectivity index (χ0) is 9.68. The van der Waals surface area contributed by atoms with Gasteiger partial charge in [-0.2, -0.15) is 0 Å². The molecule has 0 unspecified atom stereocenters. The van der Waals surface area contributed by atoms with Gasteiger partial charge in [0, 0.05) is 17.6 Å². The number of nitrogens with one attached hydrogen (secondary N) is 1. The van der Waals surface area contributed by atoms with E-state index in [9.17, 15) is 0 Å². The molecule has 2 nitrogen and oxygen atoms in total. The zero-order valence-corrected chi connectivity index (χ0v) is 9.24. The first-order chi connectivity index (χ1) is 6.22. The van der Waals surface area contributed by atoms with Crippen molar-refractivity contribution in [3.05, 3.63) is 21.7 Å². The summed E-state index contributed by atoms with van der Waals surface area (Å²) in [4.78, 5) is 4.37. The molecular weight excluding hydrogens is 180 g/mol. The molecule has 1 aromatic heterocycles. The highest BCUT2D eigenvalue weighted by Gasteiger charge is 1.95.